The van der Waals surface area contributed by atoms with Crippen molar-refractivity contribution >= 4 is 81.3 Å². The Bertz CT molecular complexity index is 2990. The Balaban J connectivity index is 1.13. The summed E-state index contributed by atoms with van der Waals surface area (Å²) in [7, 11) is 0. The number of carbonyl (C=O) groups is 10. The summed E-state index contributed by atoms with van der Waals surface area (Å²) >= 11 is 0. The molecule has 11 N–H and O–H groups in total. The maximum atomic E-state index is 14.7. The first-order valence-corrected chi connectivity index (χ1v) is 28.1. The number of hydrogen-bond acceptors (Lipinski definition) is 19. The highest BCUT2D eigenvalue weighted by atomic mass is 16.7. The molecule has 87 heavy (non-hydrogen) atoms. The number of hydroxylamine groups is 1. The van der Waals surface area contributed by atoms with Crippen LogP contribution >= 0.6 is 0 Å². The SMILES string of the molecule is O=C(O)CN1CCN(CC(=O)O)CCN(CC(=O)NNC(=O)c2[nH]c3ccccc3c2C(c2ccccc2)c2c(C(=O)NOC(=O)CN3CCN(CC(=O)O)CCN(CC(=O)O)CCN(CC(=O)O)CC3)[nH]c3ccccc23)CCN(CC(=O)O)CC1. The average Bonchev–Trinajstić information content (AvgIpc) is 1.65. The lowest BCUT2D eigenvalue weighted by molar-refractivity contribution is -0.151. The van der Waals surface area contributed by atoms with Crippen LogP contribution < -0.4 is 16.3 Å². The van der Waals surface area contributed by atoms with Gasteiger partial charge >= 0.3 is 47.7 Å². The quantitative estimate of drug-likeness (QED) is 0.0382. The Morgan fingerprint density at radius 2 is 0.678 bits per heavy atom. The molecule has 30 nitrogen and oxygen atoms in total. The van der Waals surface area contributed by atoms with Crippen LogP contribution in [0.4, 0.5) is 0 Å². The largest absolute Gasteiger partial charge is 0.480 e. The number of benzene rings is 3. The van der Waals surface area contributed by atoms with Crippen LogP contribution in [0.1, 0.15) is 43.6 Å². The highest BCUT2D eigenvalue weighted by molar-refractivity contribution is 6.06. The first-order chi connectivity index (χ1) is 41.7. The van der Waals surface area contributed by atoms with Crippen LogP contribution in [-0.2, 0) is 43.2 Å². The third-order valence-electron chi connectivity index (χ3n) is 15.0. The molecule has 2 aromatic heterocycles. The molecular weight excluding hydrogens is 1140 g/mol. The number of amides is 3. The van der Waals surface area contributed by atoms with Crippen molar-refractivity contribution in [3.63, 3.8) is 0 Å². The van der Waals surface area contributed by atoms with Crippen LogP contribution in [-0.4, -0.2) is 296 Å². The van der Waals surface area contributed by atoms with Gasteiger partial charge < -0.3 is 45.4 Å². The molecule has 1 atom stereocenters. The minimum absolute atomic E-state index is 0.00203. The van der Waals surface area contributed by atoms with E-state index in [9.17, 15) is 78.6 Å². The molecule has 7 rings (SSSR count). The molecule has 4 heterocycles. The molecule has 468 valence electrons. The van der Waals surface area contributed by atoms with Gasteiger partial charge in [0.25, 0.3) is 11.8 Å². The zero-order chi connectivity index (χ0) is 62.6. The van der Waals surface area contributed by atoms with Gasteiger partial charge in [-0.3, -0.25) is 93.2 Å². The van der Waals surface area contributed by atoms with Gasteiger partial charge in [-0.1, -0.05) is 66.7 Å². The van der Waals surface area contributed by atoms with Crippen LogP contribution in [0, 0.1) is 0 Å². The molecular formula is C57H73N13O17. The lowest BCUT2D eigenvalue weighted by Gasteiger charge is -2.32. The van der Waals surface area contributed by atoms with Crippen molar-refractivity contribution in [3.8, 4) is 0 Å². The summed E-state index contributed by atoms with van der Waals surface area (Å²) in [5.74, 6) is -10.9. The van der Waals surface area contributed by atoms with E-state index in [0.29, 0.717) is 38.5 Å². The molecule has 0 saturated carbocycles. The van der Waals surface area contributed by atoms with Crippen LogP contribution in [0.15, 0.2) is 78.9 Å². The molecule has 5 aromatic rings. The van der Waals surface area contributed by atoms with Gasteiger partial charge in [-0.2, -0.15) is 5.48 Å². The number of para-hydroxylation sites is 2. The number of H-pyrrole nitrogens is 2. The molecule has 0 radical (unpaired) electrons. The number of carboxylic acids is 6. The van der Waals surface area contributed by atoms with E-state index >= 15 is 0 Å². The monoisotopic (exact) mass is 1210 g/mol. The number of rotatable bonds is 21. The van der Waals surface area contributed by atoms with Crippen molar-refractivity contribution in [1.29, 1.82) is 0 Å². The van der Waals surface area contributed by atoms with Crippen molar-refractivity contribution in [2.24, 2.45) is 0 Å². The summed E-state index contributed by atoms with van der Waals surface area (Å²) < 4.78 is 0. The molecule has 2 aliphatic rings. The minimum atomic E-state index is -1.12. The molecule has 0 aliphatic carbocycles. The Morgan fingerprint density at radius 3 is 1.02 bits per heavy atom. The summed E-state index contributed by atoms with van der Waals surface area (Å²) in [6.07, 6.45) is 0. The average molecular weight is 1210 g/mol. The third-order valence-corrected chi connectivity index (χ3v) is 15.0. The molecule has 30 heteroatoms. The van der Waals surface area contributed by atoms with Gasteiger partial charge in [0.05, 0.1) is 52.4 Å². The first-order valence-electron chi connectivity index (χ1n) is 28.1. The van der Waals surface area contributed by atoms with Crippen molar-refractivity contribution in [1.82, 2.24) is 65.5 Å². The normalized spacial score (nSPS) is 17.1. The topological polar surface area (TPSA) is 395 Å². The van der Waals surface area contributed by atoms with E-state index in [2.05, 4.69) is 26.3 Å². The van der Waals surface area contributed by atoms with Crippen molar-refractivity contribution in [2.75, 3.05) is 157 Å². The van der Waals surface area contributed by atoms with Crippen molar-refractivity contribution in [3.05, 3.63) is 107 Å². The van der Waals surface area contributed by atoms with Gasteiger partial charge in [-0.15, -0.1) is 0 Å². The van der Waals surface area contributed by atoms with E-state index in [1.807, 2.05) is 12.1 Å². The van der Waals surface area contributed by atoms with Crippen LogP contribution in [0.25, 0.3) is 21.8 Å². The lowest BCUT2D eigenvalue weighted by Crippen LogP contribution is -2.51. The molecule has 2 fully saturated rings. The molecule has 3 aromatic carbocycles. The molecule has 3 amide bonds. The summed E-state index contributed by atoms with van der Waals surface area (Å²) in [5.41, 5.74) is 9.68. The van der Waals surface area contributed by atoms with E-state index in [1.54, 1.807) is 106 Å². The molecule has 1 unspecified atom stereocenters. The molecule has 2 aliphatic heterocycles. The maximum Gasteiger partial charge on any atom is 0.346 e. The summed E-state index contributed by atoms with van der Waals surface area (Å²) in [5, 5.41) is 58.9. The fourth-order valence-electron chi connectivity index (χ4n) is 10.8. The van der Waals surface area contributed by atoms with Gasteiger partial charge in [0.15, 0.2) is 0 Å². The third kappa shape index (κ3) is 20.1. The van der Waals surface area contributed by atoms with Crippen LogP contribution in [0.3, 0.4) is 0 Å². The minimum Gasteiger partial charge on any atom is -0.480 e. The van der Waals surface area contributed by atoms with E-state index in [-0.39, 0.29) is 162 Å². The van der Waals surface area contributed by atoms with E-state index in [1.165, 1.54) is 0 Å². The maximum absolute atomic E-state index is 14.7. The zero-order valence-electron chi connectivity index (χ0n) is 47.8. The number of carbonyl (C=O) groups excluding carboxylic acids is 4. The number of aromatic nitrogens is 2. The number of nitrogens with zero attached hydrogens (tertiary/aromatic N) is 8. The van der Waals surface area contributed by atoms with Crippen LogP contribution in [0.2, 0.25) is 0 Å². The Morgan fingerprint density at radius 1 is 0.379 bits per heavy atom. The Hall–Kier alpha value is -8.88. The lowest BCUT2D eigenvalue weighted by atomic mass is 9.81. The predicted molar refractivity (Wildman–Crippen MR) is 310 cm³/mol. The van der Waals surface area contributed by atoms with Gasteiger partial charge in [0, 0.05) is 144 Å². The molecule has 0 bridgehead atoms. The van der Waals surface area contributed by atoms with E-state index in [4.69, 9.17) is 4.84 Å². The zero-order valence-corrected chi connectivity index (χ0v) is 47.8. The highest BCUT2D eigenvalue weighted by Gasteiger charge is 2.34. The number of carboxylic acid groups (broad SMARTS) is 6. The van der Waals surface area contributed by atoms with Gasteiger partial charge in [-0.05, 0) is 17.7 Å². The Kier molecular flexibility index (Phi) is 24.2. The highest BCUT2D eigenvalue weighted by Crippen LogP contribution is 2.43. The standard InChI is InChI=1S/C57H73N13O17/c71-43(30-63-14-16-64(31-44(72)73)18-20-66(33-46(76)77)21-19-65(17-15-63)32-45(74)75)60-61-56(85)54-52(39-10-4-6-12-41(39)58-54)51(38-8-2-1-3-9-38)53-40-11-5-7-13-42(40)59-55(53)57(86)62-87-50(84)37-70-28-26-68(35-48(80)81)24-22-67(34-47(78)79)23-25-69(27-29-70)36-49(82)83/h1-13,51,58-59H,14-37H2,(H,60,71)(H,61,85)(H,62,86)(H,72,73)(H,74,75)(H,76,77)(H,78,79)(H,80,81)(H,82,83). The molecule has 0 spiro atoms. The first kappa shape index (κ1) is 65.7. The number of hydrogen-bond donors (Lipinski definition) is 11. The van der Waals surface area contributed by atoms with Gasteiger partial charge in [-0.25, -0.2) is 4.79 Å². The number of nitrogens with one attached hydrogen (secondary N) is 5. The summed E-state index contributed by atoms with van der Waals surface area (Å²) in [4.78, 5) is 153. The second-order valence-electron chi connectivity index (χ2n) is 21.2. The summed E-state index contributed by atoms with van der Waals surface area (Å²) in [6, 6.07) is 23.1. The summed E-state index contributed by atoms with van der Waals surface area (Å²) in [6.45, 7) is -0.519. The van der Waals surface area contributed by atoms with E-state index < -0.39 is 72.0 Å². The van der Waals surface area contributed by atoms with Gasteiger partial charge in [0.1, 0.15) is 11.4 Å². The van der Waals surface area contributed by atoms with Gasteiger partial charge in [0.2, 0.25) is 0 Å². The van der Waals surface area contributed by atoms with Crippen LogP contribution in [0.5, 0.6) is 0 Å². The second-order valence-corrected chi connectivity index (χ2v) is 21.2. The number of hydrazine groups is 1. The Labute approximate surface area is 498 Å². The smallest absolute Gasteiger partial charge is 0.346 e. The second kappa shape index (κ2) is 32.0. The fraction of sp³-hybridized carbons (Fsp3) is 0.439. The van der Waals surface area contributed by atoms with Crippen molar-refractivity contribution < 1.29 is 83.4 Å². The van der Waals surface area contributed by atoms with E-state index in [0.717, 1.165) is 0 Å². The number of aromatic amines is 2. The molecule has 2 saturated heterocycles. The van der Waals surface area contributed by atoms with Crippen molar-refractivity contribution in [2.45, 2.75) is 5.92 Å². The number of fused-ring (bicyclic) bond motifs is 2. The predicted octanol–water partition coefficient (Wildman–Crippen LogP) is -1.27. The fourth-order valence-corrected chi connectivity index (χ4v) is 10.8. The number of aliphatic carboxylic acids is 6.